The summed E-state index contributed by atoms with van der Waals surface area (Å²) in [5.74, 6) is -6.56. The summed E-state index contributed by atoms with van der Waals surface area (Å²) >= 11 is 6.78. The monoisotopic (exact) mass is 943 g/mol. The van der Waals surface area contributed by atoms with Gasteiger partial charge in [-0.05, 0) is 73.3 Å². The molecule has 17 heteroatoms. The Kier molecular flexibility index (Phi) is 13.7. The van der Waals surface area contributed by atoms with E-state index >= 15 is 4.79 Å². The highest BCUT2D eigenvalue weighted by Gasteiger charge is 2.79. The Morgan fingerprint density at radius 1 is 0.848 bits per heavy atom. The molecule has 1 amide bonds. The number of benzene rings is 3. The van der Waals surface area contributed by atoms with Crippen LogP contribution in [-0.2, 0) is 47.6 Å². The van der Waals surface area contributed by atoms with Gasteiger partial charge in [-0.3, -0.25) is 19.2 Å². The third kappa shape index (κ3) is 8.33. The predicted molar refractivity (Wildman–Crippen MR) is 243 cm³/mol. The molecule has 0 radical (unpaired) electrons. The number of hydrogen-bond acceptors (Lipinski definition) is 16. The summed E-state index contributed by atoms with van der Waals surface area (Å²) in [6.07, 6.45) is -8.44. The van der Waals surface area contributed by atoms with Crippen molar-refractivity contribution >= 4 is 63.9 Å². The number of nitrogens with one attached hydrogen (secondary N) is 1. The first kappa shape index (κ1) is 48.5. The number of carbonyl (C=O) groups is 6. The predicted octanol–water partition coefficient (Wildman–Crippen LogP) is 5.41. The fourth-order valence-electron chi connectivity index (χ4n) is 10.6. The van der Waals surface area contributed by atoms with Crippen molar-refractivity contribution in [2.45, 2.75) is 108 Å². The van der Waals surface area contributed by atoms with Crippen molar-refractivity contribution < 1.29 is 67.4 Å². The van der Waals surface area contributed by atoms with Crippen LogP contribution in [0.25, 0.3) is 0 Å². The Bertz CT molecular complexity index is 2430. The lowest BCUT2D eigenvalue weighted by molar-refractivity contribution is -0.344. The van der Waals surface area contributed by atoms with Crippen LogP contribution in [0.15, 0.2) is 102 Å². The largest absolute Gasteiger partial charge is 0.470 e. The minimum atomic E-state index is -2.12. The molecule has 0 aromatic heterocycles. The molecule has 11 atom stereocenters. The van der Waals surface area contributed by atoms with Crippen LogP contribution in [0.3, 0.4) is 0 Å². The maximum absolute atomic E-state index is 15.7. The number of rotatable bonds is 11. The van der Waals surface area contributed by atoms with Crippen LogP contribution in [0.1, 0.15) is 86.7 Å². The number of ketones is 1. The van der Waals surface area contributed by atoms with Gasteiger partial charge in [0.1, 0.15) is 18.3 Å². The van der Waals surface area contributed by atoms with Gasteiger partial charge in [0.05, 0.1) is 35.6 Å². The molecule has 3 aromatic carbocycles. The van der Waals surface area contributed by atoms with Crippen LogP contribution in [0.4, 0.5) is 0 Å². The fourth-order valence-corrected chi connectivity index (χ4v) is 10.9. The van der Waals surface area contributed by atoms with Gasteiger partial charge in [0.15, 0.2) is 29.2 Å². The summed E-state index contributed by atoms with van der Waals surface area (Å²) in [7, 11) is 0. The highest BCUT2D eigenvalue weighted by Crippen LogP contribution is 2.65. The van der Waals surface area contributed by atoms with E-state index in [0.29, 0.717) is 5.56 Å². The first-order chi connectivity index (χ1) is 31.2. The van der Waals surface area contributed by atoms with E-state index in [1.807, 2.05) is 0 Å². The second kappa shape index (κ2) is 18.7. The SMILES string of the molecule is CSC(=S)O[C@H]1[C@@H]2[C@]3(OC(C)=O)CO[C@@H]3C[C@H](O)[C@@]2(C)C(=O)[C@H](OC(C)=O)C2=C(C)[C@@H](OC(=O)[C@H](O)[C@@H](NC(=O)c3ccccc3)c3ccccc3)C[C@]1(OC(=O)c1ccccc1)C2(C)C. The molecule has 3 fully saturated rings. The normalized spacial score (nSPS) is 30.5. The average Bonchev–Trinajstić information content (AvgIpc) is 3.29. The second-order valence-electron chi connectivity index (χ2n) is 17.9. The van der Waals surface area contributed by atoms with E-state index in [1.54, 1.807) is 106 Å². The minimum absolute atomic E-state index is 0.0585. The van der Waals surface area contributed by atoms with Crippen LogP contribution in [0.5, 0.6) is 0 Å². The van der Waals surface area contributed by atoms with Crippen LogP contribution < -0.4 is 5.32 Å². The van der Waals surface area contributed by atoms with E-state index in [9.17, 15) is 34.2 Å². The van der Waals surface area contributed by atoms with Gasteiger partial charge in [0, 0.05) is 37.7 Å². The van der Waals surface area contributed by atoms with E-state index in [4.69, 9.17) is 40.6 Å². The van der Waals surface area contributed by atoms with Gasteiger partial charge in [-0.15, -0.1) is 0 Å². The van der Waals surface area contributed by atoms with E-state index in [-0.39, 0.29) is 39.7 Å². The Hall–Kier alpha value is -5.46. The van der Waals surface area contributed by atoms with Gasteiger partial charge in [-0.1, -0.05) is 92.3 Å². The van der Waals surface area contributed by atoms with E-state index < -0.39 is 113 Å². The molecule has 3 aromatic rings. The zero-order valence-electron chi connectivity index (χ0n) is 37.5. The third-order valence-electron chi connectivity index (χ3n) is 13.9. The van der Waals surface area contributed by atoms with E-state index in [0.717, 1.165) is 18.7 Å². The number of aliphatic hydroxyl groups excluding tert-OH is 2. The Morgan fingerprint density at radius 3 is 1.98 bits per heavy atom. The van der Waals surface area contributed by atoms with Crippen molar-refractivity contribution in [3.8, 4) is 0 Å². The molecule has 0 spiro atoms. The molecule has 1 saturated heterocycles. The summed E-state index contributed by atoms with van der Waals surface area (Å²) in [6.45, 7) is 8.39. The topological polar surface area (TPSA) is 210 Å². The van der Waals surface area contributed by atoms with Crippen LogP contribution >= 0.6 is 24.0 Å². The number of fused-ring (bicyclic) bond motifs is 5. The molecular formula is C49H53NO14S2. The van der Waals surface area contributed by atoms with Crippen molar-refractivity contribution in [1.29, 1.82) is 0 Å². The zero-order chi connectivity index (χ0) is 47.9. The van der Waals surface area contributed by atoms with Crippen LogP contribution in [0.2, 0.25) is 0 Å². The Labute approximate surface area is 391 Å². The summed E-state index contributed by atoms with van der Waals surface area (Å²) in [6, 6.07) is 23.2. The van der Waals surface area contributed by atoms with Crippen molar-refractivity contribution in [3.63, 3.8) is 0 Å². The van der Waals surface area contributed by atoms with Crippen LogP contribution in [-0.4, -0.2) is 111 Å². The van der Waals surface area contributed by atoms with Gasteiger partial charge in [-0.2, -0.15) is 0 Å². The molecule has 7 rings (SSSR count). The number of hydrogen-bond donors (Lipinski definition) is 3. The molecule has 2 saturated carbocycles. The van der Waals surface area contributed by atoms with Crippen molar-refractivity contribution in [2.24, 2.45) is 16.7 Å². The standard InChI is InChI=1S/C49H53NO14S2/c1-26-32(61-44(58)37(54)36(29-17-11-8-12-18-29)50-42(56)30-19-13-9-14-20-30)24-49(64-43(57)31-21-15-10-16-22-31)41(62-45(65)66-7)39-47(6,33(53)23-34-48(39,25-59-34)63-28(3)52)40(55)38(60-27(2)51)35(26)46(49,4)5/h8-22,32-34,36-39,41,53-54H,23-25H2,1-7H3,(H,50,56)/t32-,33-,34+,36-,37+,38+,39-,41-,47+,48-,49+/m0/s1. The van der Waals surface area contributed by atoms with Gasteiger partial charge < -0.3 is 44.0 Å². The Balaban J connectivity index is 1.46. The van der Waals surface area contributed by atoms with Gasteiger partial charge in [0.2, 0.25) is 4.38 Å². The molecule has 3 N–H and O–H groups in total. The van der Waals surface area contributed by atoms with E-state index in [1.165, 1.54) is 26.0 Å². The number of thiocarbonyl (C=S) groups is 1. The van der Waals surface area contributed by atoms with Crippen molar-refractivity contribution in [1.82, 2.24) is 5.32 Å². The first-order valence-electron chi connectivity index (χ1n) is 21.5. The molecule has 350 valence electrons. The number of Topliss-reactive ketones (excluding diaryl/α,β-unsaturated/α-hetero) is 1. The van der Waals surface area contributed by atoms with Crippen molar-refractivity contribution in [3.05, 3.63) is 119 Å². The third-order valence-corrected chi connectivity index (χ3v) is 14.9. The molecule has 1 heterocycles. The molecule has 1 aliphatic heterocycles. The van der Waals surface area contributed by atoms with Crippen LogP contribution in [0, 0.1) is 16.7 Å². The van der Waals surface area contributed by atoms with Crippen molar-refractivity contribution in [2.75, 3.05) is 12.9 Å². The number of ether oxygens (including phenoxy) is 6. The maximum atomic E-state index is 15.7. The molecule has 15 nitrogen and oxygen atoms in total. The lowest BCUT2D eigenvalue weighted by Crippen LogP contribution is -2.82. The smallest absolute Gasteiger partial charge is 0.338 e. The highest BCUT2D eigenvalue weighted by atomic mass is 32.2. The van der Waals surface area contributed by atoms with Gasteiger partial charge in [0.25, 0.3) is 5.91 Å². The van der Waals surface area contributed by atoms with E-state index in [2.05, 4.69) is 5.32 Å². The lowest BCUT2D eigenvalue weighted by Gasteiger charge is -2.67. The average molecular weight is 944 g/mol. The molecule has 0 unspecified atom stereocenters. The minimum Gasteiger partial charge on any atom is -0.470 e. The zero-order valence-corrected chi connectivity index (χ0v) is 39.1. The second-order valence-corrected chi connectivity index (χ2v) is 19.3. The number of amides is 1. The number of carbonyl (C=O) groups excluding carboxylic acids is 6. The highest BCUT2D eigenvalue weighted by molar-refractivity contribution is 8.22. The molecule has 4 aliphatic rings. The fraction of sp³-hybridized carbons (Fsp3) is 0.449. The summed E-state index contributed by atoms with van der Waals surface area (Å²) in [5, 5.41) is 27.0. The lowest BCUT2D eigenvalue weighted by atomic mass is 9.44. The number of esters is 4. The number of thioether (sulfide) groups is 1. The summed E-state index contributed by atoms with van der Waals surface area (Å²) in [5.41, 5.74) is -6.46. The molecule has 2 bridgehead atoms. The summed E-state index contributed by atoms with van der Waals surface area (Å²) < 4.78 is 38.1. The summed E-state index contributed by atoms with van der Waals surface area (Å²) in [4.78, 5) is 85.2. The first-order valence-corrected chi connectivity index (χ1v) is 23.1. The molecule has 3 aliphatic carbocycles. The number of aliphatic hydroxyl groups is 2. The quantitative estimate of drug-likeness (QED) is 0.0950. The maximum Gasteiger partial charge on any atom is 0.338 e. The molecule has 66 heavy (non-hydrogen) atoms. The Morgan fingerprint density at radius 2 is 1.44 bits per heavy atom. The van der Waals surface area contributed by atoms with Gasteiger partial charge in [-0.25, -0.2) is 9.59 Å². The van der Waals surface area contributed by atoms with Gasteiger partial charge >= 0.3 is 23.9 Å². The molecular weight excluding hydrogens is 891 g/mol.